The van der Waals surface area contributed by atoms with Crippen LogP contribution >= 0.6 is 11.6 Å². The van der Waals surface area contributed by atoms with Crippen LogP contribution in [0, 0.1) is 16.7 Å². The molecule has 0 heterocycles. The van der Waals surface area contributed by atoms with Gasteiger partial charge in [-0.2, -0.15) is 5.26 Å². The minimum atomic E-state index is -3.80. The summed E-state index contributed by atoms with van der Waals surface area (Å²) < 4.78 is 31.1. The van der Waals surface area contributed by atoms with Gasteiger partial charge in [-0.05, 0) is 42.0 Å². The molecule has 1 fully saturated rings. The quantitative estimate of drug-likeness (QED) is 0.865. The van der Waals surface area contributed by atoms with Crippen molar-refractivity contribution in [1.29, 1.82) is 5.26 Å². The highest BCUT2D eigenvalue weighted by Crippen LogP contribution is 2.63. The highest BCUT2D eigenvalue weighted by molar-refractivity contribution is 7.92. The van der Waals surface area contributed by atoms with Crippen molar-refractivity contribution >= 4 is 21.4 Å². The van der Waals surface area contributed by atoms with Crippen molar-refractivity contribution in [2.75, 3.05) is 13.7 Å². The summed E-state index contributed by atoms with van der Waals surface area (Å²) in [6, 6.07) is 14.7. The van der Waals surface area contributed by atoms with Gasteiger partial charge in [0.1, 0.15) is 11.2 Å². The molecule has 0 bridgehead atoms. The van der Waals surface area contributed by atoms with Crippen molar-refractivity contribution < 1.29 is 18.3 Å². The van der Waals surface area contributed by atoms with Gasteiger partial charge >= 0.3 is 0 Å². The van der Waals surface area contributed by atoms with Gasteiger partial charge in [-0.3, -0.25) is 0 Å². The molecule has 0 spiro atoms. The second-order valence-corrected chi connectivity index (χ2v) is 8.49. The van der Waals surface area contributed by atoms with E-state index in [1.165, 1.54) is 31.4 Å². The molecule has 0 aliphatic heterocycles. The van der Waals surface area contributed by atoms with Gasteiger partial charge in [0.25, 0.3) is 0 Å². The maximum Gasteiger partial charge on any atom is 0.183 e. The van der Waals surface area contributed by atoms with Crippen LogP contribution in [0.3, 0.4) is 0 Å². The molecule has 2 aromatic carbocycles. The minimum Gasteiger partial charge on any atom is -0.497 e. The predicted octanol–water partition coefficient (Wildman–Crippen LogP) is 2.79. The van der Waals surface area contributed by atoms with Gasteiger partial charge in [-0.25, -0.2) is 8.42 Å². The number of ether oxygens (including phenoxy) is 1. The third-order valence-electron chi connectivity index (χ3n) is 4.68. The Balaban J connectivity index is 2.04. The highest BCUT2D eigenvalue weighted by atomic mass is 35.5. The van der Waals surface area contributed by atoms with E-state index in [0.29, 0.717) is 16.3 Å². The second-order valence-electron chi connectivity index (χ2n) is 5.98. The van der Waals surface area contributed by atoms with Gasteiger partial charge in [-0.1, -0.05) is 23.7 Å². The van der Waals surface area contributed by atoms with E-state index in [1.54, 1.807) is 24.3 Å². The van der Waals surface area contributed by atoms with E-state index in [-0.39, 0.29) is 4.90 Å². The number of sulfone groups is 1. The number of benzene rings is 2. The van der Waals surface area contributed by atoms with Gasteiger partial charge in [0.05, 0.1) is 29.9 Å². The van der Waals surface area contributed by atoms with E-state index in [4.69, 9.17) is 16.3 Å². The molecule has 0 unspecified atom stereocenters. The van der Waals surface area contributed by atoms with Crippen LogP contribution in [0.4, 0.5) is 0 Å². The zero-order valence-corrected chi connectivity index (χ0v) is 15.0. The lowest BCUT2D eigenvalue weighted by Crippen LogP contribution is -2.18. The van der Waals surface area contributed by atoms with Crippen LogP contribution in [0.25, 0.3) is 0 Å². The lowest BCUT2D eigenvalue weighted by molar-refractivity contribution is 0.242. The molecule has 3 rings (SSSR count). The zero-order valence-electron chi connectivity index (χ0n) is 13.4. The van der Waals surface area contributed by atoms with Crippen LogP contribution in [0.15, 0.2) is 53.4 Å². The second kappa shape index (κ2) is 6.34. The Morgan fingerprint density at radius 2 is 1.80 bits per heavy atom. The summed E-state index contributed by atoms with van der Waals surface area (Å²) in [4.78, 5) is 0.0889. The summed E-state index contributed by atoms with van der Waals surface area (Å²) in [6.45, 7) is -0.530. The molecular formula is C18H16ClNO4S. The first-order valence-electron chi connectivity index (χ1n) is 7.56. The Morgan fingerprint density at radius 1 is 1.20 bits per heavy atom. The number of aliphatic hydroxyl groups is 1. The lowest BCUT2D eigenvalue weighted by Gasteiger charge is -2.06. The molecule has 25 heavy (non-hydrogen) atoms. The van der Waals surface area contributed by atoms with E-state index in [9.17, 15) is 18.8 Å². The van der Waals surface area contributed by atoms with Crippen LogP contribution in [-0.2, 0) is 9.84 Å². The van der Waals surface area contributed by atoms with Crippen molar-refractivity contribution in [3.63, 3.8) is 0 Å². The number of rotatable bonds is 5. The fourth-order valence-electron chi connectivity index (χ4n) is 3.27. The van der Waals surface area contributed by atoms with E-state index < -0.39 is 33.0 Å². The number of methoxy groups -OCH3 is 1. The summed E-state index contributed by atoms with van der Waals surface area (Å²) in [5.74, 6) is 0.0298. The largest absolute Gasteiger partial charge is 0.497 e. The average molecular weight is 378 g/mol. The first kappa shape index (κ1) is 17.7. The SMILES string of the molecule is COc1ccc([C@@H]2[C@@H](S(=O)(=O)c3ccc(Cl)cc3)[C@@]2(C#N)CO)cc1. The molecule has 0 amide bonds. The summed E-state index contributed by atoms with van der Waals surface area (Å²) in [7, 11) is -2.26. The molecule has 0 saturated heterocycles. The highest BCUT2D eigenvalue weighted by Gasteiger charge is 2.72. The Labute approximate surface area is 151 Å². The average Bonchev–Trinajstić information content (AvgIpc) is 3.33. The third kappa shape index (κ3) is 2.78. The molecule has 1 aliphatic rings. The summed E-state index contributed by atoms with van der Waals surface area (Å²) in [5.41, 5.74) is -0.675. The molecule has 7 heteroatoms. The molecule has 0 aromatic heterocycles. The van der Waals surface area contributed by atoms with E-state index in [1.807, 2.05) is 6.07 Å². The number of nitriles is 1. The fourth-order valence-corrected chi connectivity index (χ4v) is 5.71. The van der Waals surface area contributed by atoms with Gasteiger partial charge in [0.2, 0.25) is 0 Å². The molecule has 1 saturated carbocycles. The standard InChI is InChI=1S/C18H16ClNO4S/c1-24-14-6-2-12(3-7-14)16-17(18(16,10-20)11-21)25(22,23)15-8-4-13(19)5-9-15/h2-9,16-17,21H,11H2,1H3/t16-,17-,18+/m1/s1. The van der Waals surface area contributed by atoms with Crippen molar-refractivity contribution in [1.82, 2.24) is 0 Å². The third-order valence-corrected chi connectivity index (χ3v) is 7.22. The van der Waals surface area contributed by atoms with Crippen LogP contribution in [-0.4, -0.2) is 32.5 Å². The van der Waals surface area contributed by atoms with Crippen molar-refractivity contribution in [2.24, 2.45) is 5.41 Å². The summed E-state index contributed by atoms with van der Waals surface area (Å²) >= 11 is 5.82. The zero-order chi connectivity index (χ0) is 18.2. The topological polar surface area (TPSA) is 87.4 Å². The van der Waals surface area contributed by atoms with Gasteiger partial charge in [0.15, 0.2) is 9.84 Å². The van der Waals surface area contributed by atoms with Crippen LogP contribution in [0.1, 0.15) is 11.5 Å². The molecule has 2 aromatic rings. The number of hydrogen-bond donors (Lipinski definition) is 1. The van der Waals surface area contributed by atoms with Crippen LogP contribution in [0.5, 0.6) is 5.75 Å². The van der Waals surface area contributed by atoms with E-state index in [2.05, 4.69) is 0 Å². The molecule has 130 valence electrons. The Morgan fingerprint density at radius 3 is 2.28 bits per heavy atom. The molecule has 5 nitrogen and oxygen atoms in total. The van der Waals surface area contributed by atoms with Crippen LogP contribution < -0.4 is 4.74 Å². The van der Waals surface area contributed by atoms with Crippen LogP contribution in [0.2, 0.25) is 5.02 Å². The molecule has 1 aliphatic carbocycles. The van der Waals surface area contributed by atoms with E-state index >= 15 is 0 Å². The first-order valence-corrected chi connectivity index (χ1v) is 9.48. The van der Waals surface area contributed by atoms with Crippen molar-refractivity contribution in [2.45, 2.75) is 16.1 Å². The first-order chi connectivity index (χ1) is 11.9. The van der Waals surface area contributed by atoms with Gasteiger partial charge < -0.3 is 9.84 Å². The van der Waals surface area contributed by atoms with Gasteiger partial charge in [0, 0.05) is 10.9 Å². The minimum absolute atomic E-state index is 0.0889. The Kier molecular flexibility index (Phi) is 4.50. The van der Waals surface area contributed by atoms with Gasteiger partial charge in [-0.15, -0.1) is 0 Å². The van der Waals surface area contributed by atoms with E-state index in [0.717, 1.165) is 0 Å². The maximum absolute atomic E-state index is 13.0. The monoisotopic (exact) mass is 377 g/mol. The summed E-state index contributed by atoms with van der Waals surface area (Å²) in [5, 5.41) is 18.8. The number of aliphatic hydroxyl groups excluding tert-OH is 1. The Hall–Kier alpha value is -2.07. The summed E-state index contributed by atoms with van der Waals surface area (Å²) in [6.07, 6.45) is 0. The molecular weight excluding hydrogens is 362 g/mol. The maximum atomic E-state index is 13.0. The normalized spacial score (nSPS) is 25.2. The predicted molar refractivity (Wildman–Crippen MR) is 93.3 cm³/mol. The molecule has 3 atom stereocenters. The number of hydrogen-bond acceptors (Lipinski definition) is 5. The smallest absolute Gasteiger partial charge is 0.183 e. The lowest BCUT2D eigenvalue weighted by atomic mass is 10.0. The number of nitrogens with zero attached hydrogens (tertiary/aromatic N) is 1. The Bertz CT molecular complexity index is 919. The fraction of sp³-hybridized carbons (Fsp3) is 0.278. The van der Waals surface area contributed by atoms with Crippen molar-refractivity contribution in [3.8, 4) is 11.8 Å². The van der Waals surface area contributed by atoms with Crippen molar-refractivity contribution in [3.05, 3.63) is 59.1 Å². The molecule has 1 N–H and O–H groups in total. The molecule has 0 radical (unpaired) electrons. The number of halogens is 1.